The van der Waals surface area contributed by atoms with Crippen LogP contribution >= 0.6 is 0 Å². The van der Waals surface area contributed by atoms with Crippen LogP contribution in [0.3, 0.4) is 0 Å². The molecule has 6 nitrogen and oxygen atoms in total. The van der Waals surface area contributed by atoms with Crippen molar-refractivity contribution in [2.24, 2.45) is 0 Å². The van der Waals surface area contributed by atoms with Gasteiger partial charge in [0.15, 0.2) is 0 Å². The molecule has 0 radical (unpaired) electrons. The molecule has 0 saturated carbocycles. The third-order valence-electron chi connectivity index (χ3n) is 9.76. The van der Waals surface area contributed by atoms with Crippen LogP contribution in [0.15, 0.2) is 195 Å². The number of nitrogens with zero attached hydrogens (tertiary/aromatic N) is 2. The van der Waals surface area contributed by atoms with Gasteiger partial charge >= 0.3 is 5.97 Å². The van der Waals surface area contributed by atoms with Crippen LogP contribution < -0.4 is 10.6 Å². The first-order valence-corrected chi connectivity index (χ1v) is 19.0. The SMILES string of the molecule is Cc1ccc(CCc2ccccc2)cc1Nc1cccc(-n2cccc2)c1.O=C(O)c1ccc(CCc2ccccc2)cc1Nc1cccc(-n2cccc2)c1. The lowest BCUT2D eigenvalue weighted by Gasteiger charge is -2.13. The summed E-state index contributed by atoms with van der Waals surface area (Å²) in [5.41, 5.74) is 12.5. The van der Waals surface area contributed by atoms with E-state index in [0.29, 0.717) is 5.69 Å². The van der Waals surface area contributed by atoms with E-state index in [-0.39, 0.29) is 5.56 Å². The van der Waals surface area contributed by atoms with Gasteiger partial charge in [-0.3, -0.25) is 0 Å². The summed E-state index contributed by atoms with van der Waals surface area (Å²) in [4.78, 5) is 11.7. The quantitative estimate of drug-likeness (QED) is 0.110. The van der Waals surface area contributed by atoms with Crippen LogP contribution in [0.25, 0.3) is 11.4 Å². The smallest absolute Gasteiger partial charge is 0.337 e. The first kappa shape index (κ1) is 37.3. The third-order valence-corrected chi connectivity index (χ3v) is 9.76. The van der Waals surface area contributed by atoms with E-state index in [4.69, 9.17) is 0 Å². The molecular weight excluding hydrogens is 689 g/mol. The van der Waals surface area contributed by atoms with E-state index in [1.54, 1.807) is 6.07 Å². The Hall–Kier alpha value is -7.05. The van der Waals surface area contributed by atoms with Gasteiger partial charge in [0, 0.05) is 53.2 Å². The summed E-state index contributed by atoms with van der Waals surface area (Å²) < 4.78 is 4.13. The zero-order valence-electron chi connectivity index (χ0n) is 31.6. The lowest BCUT2D eigenvalue weighted by Crippen LogP contribution is -2.04. The fourth-order valence-electron chi connectivity index (χ4n) is 6.68. The summed E-state index contributed by atoms with van der Waals surface area (Å²) in [7, 11) is 0. The number of rotatable bonds is 13. The first-order valence-electron chi connectivity index (χ1n) is 19.0. The van der Waals surface area contributed by atoms with E-state index >= 15 is 0 Å². The molecule has 0 aliphatic heterocycles. The van der Waals surface area contributed by atoms with E-state index in [0.717, 1.165) is 54.0 Å². The number of hydrogen-bond acceptors (Lipinski definition) is 3. The maximum atomic E-state index is 11.7. The van der Waals surface area contributed by atoms with Crippen molar-refractivity contribution in [1.29, 1.82) is 0 Å². The molecule has 0 amide bonds. The van der Waals surface area contributed by atoms with Crippen molar-refractivity contribution >= 4 is 28.7 Å². The van der Waals surface area contributed by atoms with Gasteiger partial charge in [0.05, 0.1) is 11.3 Å². The molecule has 8 aromatic rings. The minimum absolute atomic E-state index is 0.264. The molecule has 6 heteroatoms. The molecule has 0 saturated heterocycles. The largest absolute Gasteiger partial charge is 0.478 e. The average molecular weight is 735 g/mol. The van der Waals surface area contributed by atoms with Crippen LogP contribution in [0.4, 0.5) is 22.7 Å². The van der Waals surface area contributed by atoms with Gasteiger partial charge in [-0.05, 0) is 139 Å². The van der Waals surface area contributed by atoms with Gasteiger partial charge in [0.2, 0.25) is 0 Å². The maximum absolute atomic E-state index is 11.7. The highest BCUT2D eigenvalue weighted by Crippen LogP contribution is 2.27. The van der Waals surface area contributed by atoms with Crippen molar-refractivity contribution in [3.8, 4) is 11.4 Å². The monoisotopic (exact) mass is 734 g/mol. The van der Waals surface area contributed by atoms with Gasteiger partial charge in [0.25, 0.3) is 0 Å². The predicted molar refractivity (Wildman–Crippen MR) is 230 cm³/mol. The number of carboxylic acid groups (broad SMARTS) is 1. The molecule has 0 spiro atoms. The number of nitrogens with one attached hydrogen (secondary N) is 2. The fraction of sp³-hybridized carbons (Fsp3) is 0.100. The highest BCUT2D eigenvalue weighted by Gasteiger charge is 2.12. The summed E-state index contributed by atoms with van der Waals surface area (Å²) in [5, 5.41) is 16.5. The Labute approximate surface area is 329 Å². The number of aryl methyl sites for hydroxylation is 5. The maximum Gasteiger partial charge on any atom is 0.337 e. The second-order valence-electron chi connectivity index (χ2n) is 13.8. The van der Waals surface area contributed by atoms with E-state index in [1.807, 2.05) is 95.8 Å². The molecule has 0 bridgehead atoms. The lowest BCUT2D eigenvalue weighted by atomic mass is 10.0. The van der Waals surface area contributed by atoms with Crippen molar-refractivity contribution in [2.75, 3.05) is 10.6 Å². The molecule has 0 atom stereocenters. The summed E-state index contributed by atoms with van der Waals surface area (Å²) in [6, 6.07) is 57.6. The van der Waals surface area contributed by atoms with Gasteiger partial charge in [-0.15, -0.1) is 0 Å². The zero-order chi connectivity index (χ0) is 38.5. The standard InChI is InChI=1S/C25H22N2O2.C25H24N2/c28-25(29)23-14-13-20(12-11-19-7-2-1-3-8-19)17-24(23)26-21-9-6-10-22(18-21)27-15-4-5-16-27;1-20-12-13-22(15-14-21-8-3-2-4-9-21)18-25(20)26-23-10-7-11-24(19-23)27-16-5-6-17-27/h1-10,13-18,26H,11-12H2,(H,28,29);2-13,16-19,26H,14-15H2,1H3. The first-order chi connectivity index (χ1) is 27.5. The topological polar surface area (TPSA) is 71.2 Å². The molecule has 2 aromatic heterocycles. The summed E-state index contributed by atoms with van der Waals surface area (Å²) in [6.07, 6.45) is 12.0. The van der Waals surface area contributed by atoms with Gasteiger partial charge in [-0.1, -0.05) is 91.0 Å². The number of aromatic carboxylic acids is 1. The van der Waals surface area contributed by atoms with Gasteiger partial charge in [-0.25, -0.2) is 4.79 Å². The van der Waals surface area contributed by atoms with Crippen molar-refractivity contribution < 1.29 is 9.90 Å². The van der Waals surface area contributed by atoms with Crippen molar-refractivity contribution in [1.82, 2.24) is 9.13 Å². The Morgan fingerprint density at radius 2 is 0.911 bits per heavy atom. The molecule has 6 aromatic carbocycles. The highest BCUT2D eigenvalue weighted by atomic mass is 16.4. The average Bonchev–Trinajstić information content (AvgIpc) is 3.98. The molecular formula is C50H46N4O2. The normalized spacial score (nSPS) is 10.7. The number of hydrogen-bond donors (Lipinski definition) is 3. The van der Waals surface area contributed by atoms with E-state index in [1.165, 1.54) is 27.9 Å². The summed E-state index contributed by atoms with van der Waals surface area (Å²) >= 11 is 0. The molecule has 3 N–H and O–H groups in total. The van der Waals surface area contributed by atoms with Crippen LogP contribution in [0.1, 0.15) is 38.2 Å². The zero-order valence-corrected chi connectivity index (χ0v) is 31.6. The Morgan fingerprint density at radius 1 is 0.464 bits per heavy atom. The molecule has 2 heterocycles. The fourth-order valence-corrected chi connectivity index (χ4v) is 6.68. The lowest BCUT2D eigenvalue weighted by molar-refractivity contribution is 0.0698. The molecule has 56 heavy (non-hydrogen) atoms. The highest BCUT2D eigenvalue weighted by molar-refractivity contribution is 5.95. The Morgan fingerprint density at radius 3 is 1.41 bits per heavy atom. The van der Waals surface area contributed by atoms with Crippen molar-refractivity contribution in [2.45, 2.75) is 32.6 Å². The van der Waals surface area contributed by atoms with E-state index < -0.39 is 5.97 Å². The molecule has 278 valence electrons. The predicted octanol–water partition coefficient (Wildman–Crippen LogP) is 12.0. The summed E-state index contributed by atoms with van der Waals surface area (Å²) in [5.74, 6) is -0.941. The van der Waals surface area contributed by atoms with Gasteiger partial charge in [0.1, 0.15) is 0 Å². The minimum atomic E-state index is -0.941. The minimum Gasteiger partial charge on any atom is -0.478 e. The van der Waals surface area contributed by atoms with Crippen LogP contribution in [-0.2, 0) is 25.7 Å². The van der Waals surface area contributed by atoms with E-state index in [9.17, 15) is 9.90 Å². The number of carbonyl (C=O) groups is 1. The second kappa shape index (κ2) is 18.3. The number of anilines is 4. The third kappa shape index (κ3) is 10.1. The number of carboxylic acids is 1. The van der Waals surface area contributed by atoms with Crippen LogP contribution in [0.2, 0.25) is 0 Å². The van der Waals surface area contributed by atoms with Crippen LogP contribution in [0, 0.1) is 6.92 Å². The Balaban J connectivity index is 0.000000172. The number of aromatic nitrogens is 2. The van der Waals surface area contributed by atoms with Crippen LogP contribution in [-0.4, -0.2) is 20.2 Å². The van der Waals surface area contributed by atoms with Crippen LogP contribution in [0.5, 0.6) is 0 Å². The van der Waals surface area contributed by atoms with Gasteiger partial charge in [-0.2, -0.15) is 0 Å². The van der Waals surface area contributed by atoms with Crippen molar-refractivity contribution in [3.63, 3.8) is 0 Å². The van der Waals surface area contributed by atoms with Crippen molar-refractivity contribution in [3.05, 3.63) is 228 Å². The summed E-state index contributed by atoms with van der Waals surface area (Å²) in [6.45, 7) is 2.15. The second-order valence-corrected chi connectivity index (χ2v) is 13.8. The van der Waals surface area contributed by atoms with Gasteiger partial charge < -0.3 is 24.9 Å². The molecule has 0 unspecified atom stereocenters. The van der Waals surface area contributed by atoms with E-state index in [2.05, 4.69) is 119 Å². The number of benzene rings is 6. The molecule has 0 aliphatic carbocycles. The Bertz CT molecular complexity index is 2460. The molecule has 0 aliphatic rings. The Kier molecular flexibility index (Phi) is 12.2. The molecule has 8 rings (SSSR count). The molecule has 0 fully saturated rings.